The first-order chi connectivity index (χ1) is 10.6. The number of carbonyl (C=O) groups excluding carboxylic acids is 2. The van der Waals surface area contributed by atoms with Crippen LogP contribution >= 0.6 is 11.6 Å². The van der Waals surface area contributed by atoms with Crippen LogP contribution in [0.4, 0.5) is 5.69 Å². The van der Waals surface area contributed by atoms with Gasteiger partial charge in [-0.1, -0.05) is 55.3 Å². The van der Waals surface area contributed by atoms with Crippen molar-refractivity contribution in [3.8, 4) is 0 Å². The molecule has 0 aliphatic rings. The van der Waals surface area contributed by atoms with Gasteiger partial charge in [-0.2, -0.15) is 0 Å². The van der Waals surface area contributed by atoms with E-state index in [2.05, 4.69) is 5.32 Å². The predicted octanol–water partition coefficient (Wildman–Crippen LogP) is 4.70. The third-order valence-electron chi connectivity index (χ3n) is 3.29. The van der Waals surface area contributed by atoms with E-state index in [9.17, 15) is 9.59 Å². The van der Waals surface area contributed by atoms with Gasteiger partial charge in [0.1, 0.15) is 0 Å². The number of unbranched alkanes of at least 4 members (excludes halogenated alkanes) is 1. The van der Waals surface area contributed by atoms with E-state index in [4.69, 9.17) is 11.6 Å². The smallest absolute Gasteiger partial charge is 0.224 e. The fourth-order valence-electron chi connectivity index (χ4n) is 2.11. The zero-order chi connectivity index (χ0) is 15.9. The van der Waals surface area contributed by atoms with Crippen molar-refractivity contribution >= 4 is 29.0 Å². The standard InChI is InChI=1S/C18H18ClNO2/c1-2-3-9-17(21)20-16-11-10-14(19)12-15(16)18(22)13-7-5-4-6-8-13/h4-8,10-12H,2-3,9H2,1H3,(H,20,21). The van der Waals surface area contributed by atoms with E-state index in [0.29, 0.717) is 28.3 Å². The molecule has 0 fully saturated rings. The van der Waals surface area contributed by atoms with E-state index >= 15 is 0 Å². The van der Waals surface area contributed by atoms with Crippen molar-refractivity contribution in [3.63, 3.8) is 0 Å². The molecule has 0 saturated carbocycles. The number of carbonyl (C=O) groups is 2. The Morgan fingerprint density at radius 2 is 1.82 bits per heavy atom. The van der Waals surface area contributed by atoms with Crippen molar-refractivity contribution in [3.05, 3.63) is 64.7 Å². The summed E-state index contributed by atoms with van der Waals surface area (Å²) < 4.78 is 0. The fourth-order valence-corrected chi connectivity index (χ4v) is 2.28. The molecule has 0 bridgehead atoms. The summed E-state index contributed by atoms with van der Waals surface area (Å²) in [5.74, 6) is -0.250. The Kier molecular flexibility index (Phi) is 5.73. The molecule has 2 aromatic carbocycles. The predicted molar refractivity (Wildman–Crippen MR) is 89.5 cm³/mol. The van der Waals surface area contributed by atoms with Gasteiger partial charge in [-0.3, -0.25) is 9.59 Å². The Morgan fingerprint density at radius 3 is 2.50 bits per heavy atom. The van der Waals surface area contributed by atoms with Gasteiger partial charge in [0.25, 0.3) is 0 Å². The lowest BCUT2D eigenvalue weighted by Gasteiger charge is -2.11. The van der Waals surface area contributed by atoms with Crippen LogP contribution in [-0.4, -0.2) is 11.7 Å². The molecule has 22 heavy (non-hydrogen) atoms. The Labute approximate surface area is 135 Å². The van der Waals surface area contributed by atoms with Crippen LogP contribution in [0.25, 0.3) is 0 Å². The van der Waals surface area contributed by atoms with Crippen LogP contribution in [0.2, 0.25) is 5.02 Å². The first-order valence-corrected chi connectivity index (χ1v) is 7.68. The topological polar surface area (TPSA) is 46.2 Å². The van der Waals surface area contributed by atoms with Gasteiger partial charge in [0, 0.05) is 22.6 Å². The van der Waals surface area contributed by atoms with Crippen LogP contribution in [0.15, 0.2) is 48.5 Å². The Bertz CT molecular complexity index is 668. The minimum atomic E-state index is -0.158. The molecular weight excluding hydrogens is 298 g/mol. The highest BCUT2D eigenvalue weighted by molar-refractivity contribution is 6.31. The van der Waals surface area contributed by atoms with Gasteiger partial charge >= 0.3 is 0 Å². The van der Waals surface area contributed by atoms with Gasteiger partial charge in [-0.05, 0) is 24.6 Å². The van der Waals surface area contributed by atoms with E-state index in [1.54, 1.807) is 42.5 Å². The highest BCUT2D eigenvalue weighted by Crippen LogP contribution is 2.24. The molecule has 0 unspecified atom stereocenters. The summed E-state index contributed by atoms with van der Waals surface area (Å²) in [5.41, 5.74) is 1.47. The third-order valence-corrected chi connectivity index (χ3v) is 3.53. The molecule has 0 aromatic heterocycles. The molecule has 4 heteroatoms. The maximum absolute atomic E-state index is 12.6. The monoisotopic (exact) mass is 315 g/mol. The molecule has 1 amide bonds. The molecule has 0 aliphatic heterocycles. The summed E-state index contributed by atoms with van der Waals surface area (Å²) >= 11 is 6.00. The summed E-state index contributed by atoms with van der Waals surface area (Å²) in [5, 5.41) is 3.27. The van der Waals surface area contributed by atoms with Crippen molar-refractivity contribution in [2.75, 3.05) is 5.32 Å². The summed E-state index contributed by atoms with van der Waals surface area (Å²) in [7, 11) is 0. The molecule has 0 radical (unpaired) electrons. The van der Waals surface area contributed by atoms with E-state index in [1.807, 2.05) is 13.0 Å². The van der Waals surface area contributed by atoms with E-state index in [1.165, 1.54) is 0 Å². The Balaban J connectivity index is 2.28. The average molecular weight is 316 g/mol. The van der Waals surface area contributed by atoms with Crippen LogP contribution in [0, 0.1) is 0 Å². The molecule has 0 spiro atoms. The molecule has 114 valence electrons. The largest absolute Gasteiger partial charge is 0.325 e. The third kappa shape index (κ3) is 4.18. The molecule has 0 saturated heterocycles. The van der Waals surface area contributed by atoms with Gasteiger partial charge in [0.2, 0.25) is 5.91 Å². The molecule has 0 aliphatic carbocycles. The number of hydrogen-bond acceptors (Lipinski definition) is 2. The Morgan fingerprint density at radius 1 is 1.09 bits per heavy atom. The first-order valence-electron chi connectivity index (χ1n) is 7.31. The molecule has 3 nitrogen and oxygen atoms in total. The molecule has 1 N–H and O–H groups in total. The lowest BCUT2D eigenvalue weighted by Crippen LogP contribution is -2.14. The second-order valence-corrected chi connectivity index (χ2v) is 5.47. The summed E-state index contributed by atoms with van der Waals surface area (Å²) in [4.78, 5) is 24.5. The van der Waals surface area contributed by atoms with Crippen molar-refractivity contribution in [1.82, 2.24) is 0 Å². The summed E-state index contributed by atoms with van der Waals surface area (Å²) in [6, 6.07) is 13.9. The average Bonchev–Trinajstić information content (AvgIpc) is 2.54. The van der Waals surface area contributed by atoms with E-state index in [-0.39, 0.29) is 11.7 Å². The molecular formula is C18H18ClNO2. The van der Waals surface area contributed by atoms with Crippen LogP contribution in [-0.2, 0) is 4.79 Å². The van der Waals surface area contributed by atoms with Crippen LogP contribution < -0.4 is 5.32 Å². The zero-order valence-electron chi connectivity index (χ0n) is 12.4. The molecule has 2 rings (SSSR count). The van der Waals surface area contributed by atoms with Gasteiger partial charge in [0.15, 0.2) is 5.78 Å². The fraction of sp³-hybridized carbons (Fsp3) is 0.222. The highest BCUT2D eigenvalue weighted by atomic mass is 35.5. The number of halogens is 1. The lowest BCUT2D eigenvalue weighted by atomic mass is 10.0. The number of amides is 1. The van der Waals surface area contributed by atoms with Gasteiger partial charge in [-0.25, -0.2) is 0 Å². The van der Waals surface area contributed by atoms with Crippen molar-refractivity contribution in [1.29, 1.82) is 0 Å². The SMILES string of the molecule is CCCCC(=O)Nc1ccc(Cl)cc1C(=O)c1ccccc1. The minimum Gasteiger partial charge on any atom is -0.325 e. The zero-order valence-corrected chi connectivity index (χ0v) is 13.2. The maximum Gasteiger partial charge on any atom is 0.224 e. The summed E-state index contributed by atoms with van der Waals surface area (Å²) in [6.07, 6.45) is 2.21. The number of nitrogens with one attached hydrogen (secondary N) is 1. The maximum atomic E-state index is 12.6. The second-order valence-electron chi connectivity index (χ2n) is 5.04. The van der Waals surface area contributed by atoms with Gasteiger partial charge < -0.3 is 5.32 Å². The number of benzene rings is 2. The highest BCUT2D eigenvalue weighted by Gasteiger charge is 2.15. The van der Waals surface area contributed by atoms with Crippen LogP contribution in [0.3, 0.4) is 0 Å². The van der Waals surface area contributed by atoms with Crippen LogP contribution in [0.1, 0.15) is 42.1 Å². The van der Waals surface area contributed by atoms with E-state index in [0.717, 1.165) is 12.8 Å². The lowest BCUT2D eigenvalue weighted by molar-refractivity contribution is -0.116. The number of rotatable bonds is 6. The normalized spacial score (nSPS) is 10.3. The second kappa shape index (κ2) is 7.76. The molecule has 0 atom stereocenters. The van der Waals surface area contributed by atoms with Gasteiger partial charge in [-0.15, -0.1) is 0 Å². The van der Waals surface area contributed by atoms with Crippen molar-refractivity contribution in [2.45, 2.75) is 26.2 Å². The number of ketones is 1. The van der Waals surface area contributed by atoms with Gasteiger partial charge in [0.05, 0.1) is 5.69 Å². The van der Waals surface area contributed by atoms with E-state index < -0.39 is 0 Å². The number of anilines is 1. The minimum absolute atomic E-state index is 0.0914. The molecule has 2 aromatic rings. The quantitative estimate of drug-likeness (QED) is 0.785. The van der Waals surface area contributed by atoms with Crippen molar-refractivity contribution < 1.29 is 9.59 Å². The van der Waals surface area contributed by atoms with Crippen molar-refractivity contribution in [2.24, 2.45) is 0 Å². The number of hydrogen-bond donors (Lipinski definition) is 1. The molecule has 0 heterocycles. The van der Waals surface area contributed by atoms with Crippen LogP contribution in [0.5, 0.6) is 0 Å². The summed E-state index contributed by atoms with van der Waals surface area (Å²) in [6.45, 7) is 2.03. The Hall–Kier alpha value is -2.13. The first kappa shape index (κ1) is 16.2.